The van der Waals surface area contributed by atoms with E-state index in [-0.39, 0.29) is 11.9 Å². The maximum absolute atomic E-state index is 5.58. The van der Waals surface area contributed by atoms with Gasteiger partial charge in [0, 0.05) is 6.04 Å². The van der Waals surface area contributed by atoms with E-state index in [2.05, 4.69) is 15.3 Å². The summed E-state index contributed by atoms with van der Waals surface area (Å²) in [5.74, 6) is -0.0800. The lowest BCUT2D eigenvalue weighted by Crippen LogP contribution is -2.26. The minimum atomic E-state index is -0.111. The molecule has 0 heterocycles. The molecular formula is C11H18N6. The van der Waals surface area contributed by atoms with Gasteiger partial charge in [-0.2, -0.15) is 4.99 Å². The first-order valence-corrected chi connectivity index (χ1v) is 5.28. The average molecular weight is 234 g/mol. The SMILES string of the molecule is CC(C)Nc1ccccc1N=C(N)N=C(N)N. The van der Waals surface area contributed by atoms with Gasteiger partial charge in [-0.05, 0) is 26.0 Å². The largest absolute Gasteiger partial charge is 0.381 e. The fourth-order valence-electron chi connectivity index (χ4n) is 1.28. The van der Waals surface area contributed by atoms with Crippen LogP contribution in [0.1, 0.15) is 13.8 Å². The lowest BCUT2D eigenvalue weighted by atomic mass is 10.2. The number of aliphatic imine (C=N–C) groups is 2. The van der Waals surface area contributed by atoms with Crippen LogP contribution in [0.3, 0.4) is 0 Å². The highest BCUT2D eigenvalue weighted by Crippen LogP contribution is 2.24. The lowest BCUT2D eigenvalue weighted by molar-refractivity contribution is 0.899. The first kappa shape index (κ1) is 12.8. The summed E-state index contributed by atoms with van der Waals surface area (Å²) in [5.41, 5.74) is 17.6. The smallest absolute Gasteiger partial charge is 0.223 e. The minimum Gasteiger partial charge on any atom is -0.381 e. The summed E-state index contributed by atoms with van der Waals surface area (Å²) in [6, 6.07) is 7.84. The first-order chi connectivity index (χ1) is 7.99. The summed E-state index contributed by atoms with van der Waals surface area (Å²) in [7, 11) is 0. The van der Waals surface area contributed by atoms with E-state index in [9.17, 15) is 0 Å². The van der Waals surface area contributed by atoms with Gasteiger partial charge in [-0.1, -0.05) is 12.1 Å². The van der Waals surface area contributed by atoms with Gasteiger partial charge >= 0.3 is 0 Å². The topological polar surface area (TPSA) is 115 Å². The highest BCUT2D eigenvalue weighted by Gasteiger charge is 2.02. The van der Waals surface area contributed by atoms with Crippen LogP contribution in [0.25, 0.3) is 0 Å². The van der Waals surface area contributed by atoms with Crippen molar-refractivity contribution in [3.05, 3.63) is 24.3 Å². The summed E-state index contributed by atoms with van der Waals surface area (Å²) < 4.78 is 0. The first-order valence-electron chi connectivity index (χ1n) is 5.28. The number of nitrogens with two attached hydrogens (primary N) is 3. The van der Waals surface area contributed by atoms with Gasteiger partial charge in [-0.15, -0.1) is 0 Å². The van der Waals surface area contributed by atoms with Gasteiger partial charge in [-0.25, -0.2) is 4.99 Å². The van der Waals surface area contributed by atoms with Crippen LogP contribution in [-0.2, 0) is 0 Å². The molecule has 0 spiro atoms. The van der Waals surface area contributed by atoms with Crippen molar-refractivity contribution in [1.29, 1.82) is 0 Å². The molecule has 0 aliphatic rings. The number of hydrogen-bond donors (Lipinski definition) is 4. The van der Waals surface area contributed by atoms with Crippen molar-refractivity contribution in [3.8, 4) is 0 Å². The second kappa shape index (κ2) is 5.74. The van der Waals surface area contributed by atoms with Crippen LogP contribution < -0.4 is 22.5 Å². The monoisotopic (exact) mass is 234 g/mol. The van der Waals surface area contributed by atoms with E-state index >= 15 is 0 Å². The number of nitrogens with one attached hydrogen (secondary N) is 1. The molecule has 0 atom stereocenters. The number of hydrogen-bond acceptors (Lipinski definition) is 2. The molecule has 6 nitrogen and oxygen atoms in total. The van der Waals surface area contributed by atoms with E-state index in [1.807, 2.05) is 38.1 Å². The lowest BCUT2D eigenvalue weighted by Gasteiger charge is -2.12. The van der Waals surface area contributed by atoms with Gasteiger partial charge in [0.2, 0.25) is 5.96 Å². The number of benzene rings is 1. The fourth-order valence-corrected chi connectivity index (χ4v) is 1.28. The molecule has 1 aromatic carbocycles. The van der Waals surface area contributed by atoms with Crippen molar-refractivity contribution in [2.75, 3.05) is 5.32 Å². The zero-order valence-corrected chi connectivity index (χ0v) is 10.0. The van der Waals surface area contributed by atoms with Crippen molar-refractivity contribution >= 4 is 23.3 Å². The van der Waals surface area contributed by atoms with E-state index in [4.69, 9.17) is 17.2 Å². The fraction of sp³-hybridized carbons (Fsp3) is 0.273. The maximum Gasteiger partial charge on any atom is 0.223 e. The zero-order chi connectivity index (χ0) is 12.8. The third kappa shape index (κ3) is 4.42. The second-order valence-electron chi connectivity index (χ2n) is 3.82. The minimum absolute atomic E-state index is 0.0306. The highest BCUT2D eigenvalue weighted by atomic mass is 15.1. The third-order valence-electron chi connectivity index (χ3n) is 1.83. The van der Waals surface area contributed by atoms with Crippen molar-refractivity contribution < 1.29 is 0 Å². The third-order valence-corrected chi connectivity index (χ3v) is 1.83. The molecule has 0 aliphatic heterocycles. The summed E-state index contributed by atoms with van der Waals surface area (Å²) in [4.78, 5) is 7.80. The van der Waals surface area contributed by atoms with Crippen molar-refractivity contribution in [2.45, 2.75) is 19.9 Å². The Balaban J connectivity index is 3.01. The Morgan fingerprint density at radius 2 is 1.82 bits per heavy atom. The Hall–Kier alpha value is -2.24. The Morgan fingerprint density at radius 3 is 2.41 bits per heavy atom. The molecule has 17 heavy (non-hydrogen) atoms. The molecule has 0 unspecified atom stereocenters. The normalized spacial score (nSPS) is 11.4. The Bertz CT molecular complexity index is 431. The van der Waals surface area contributed by atoms with Crippen LogP contribution in [0, 0.1) is 0 Å². The van der Waals surface area contributed by atoms with Gasteiger partial charge in [0.15, 0.2) is 5.96 Å². The Labute approximate surface area is 101 Å². The summed E-state index contributed by atoms with van der Waals surface area (Å²) in [6.45, 7) is 4.08. The summed E-state index contributed by atoms with van der Waals surface area (Å²) in [5, 5.41) is 3.26. The Kier molecular flexibility index (Phi) is 4.33. The van der Waals surface area contributed by atoms with Crippen LogP contribution in [0.2, 0.25) is 0 Å². The predicted octanol–water partition coefficient (Wildman–Crippen LogP) is 0.727. The van der Waals surface area contributed by atoms with Gasteiger partial charge < -0.3 is 22.5 Å². The molecule has 0 aliphatic carbocycles. The molecule has 7 N–H and O–H groups in total. The summed E-state index contributed by atoms with van der Waals surface area (Å²) >= 11 is 0. The predicted molar refractivity (Wildman–Crippen MR) is 72.3 cm³/mol. The summed E-state index contributed by atoms with van der Waals surface area (Å²) in [6.07, 6.45) is 0. The molecule has 0 radical (unpaired) electrons. The number of para-hydroxylation sites is 2. The van der Waals surface area contributed by atoms with Crippen molar-refractivity contribution in [2.24, 2.45) is 27.2 Å². The zero-order valence-electron chi connectivity index (χ0n) is 10.0. The molecule has 6 heteroatoms. The van der Waals surface area contributed by atoms with Gasteiger partial charge in [0.25, 0.3) is 0 Å². The number of anilines is 1. The Morgan fingerprint density at radius 1 is 1.18 bits per heavy atom. The average Bonchev–Trinajstić information content (AvgIpc) is 2.18. The van der Waals surface area contributed by atoms with Gasteiger partial charge in [0.1, 0.15) is 0 Å². The number of guanidine groups is 2. The van der Waals surface area contributed by atoms with Crippen molar-refractivity contribution in [3.63, 3.8) is 0 Å². The van der Waals surface area contributed by atoms with E-state index < -0.39 is 0 Å². The van der Waals surface area contributed by atoms with E-state index in [1.165, 1.54) is 0 Å². The molecule has 0 saturated heterocycles. The molecule has 0 aromatic heterocycles. The number of rotatable bonds is 3. The van der Waals surface area contributed by atoms with E-state index in [0.717, 1.165) is 5.69 Å². The van der Waals surface area contributed by atoms with Crippen LogP contribution >= 0.6 is 0 Å². The van der Waals surface area contributed by atoms with E-state index in [0.29, 0.717) is 11.7 Å². The molecule has 0 bridgehead atoms. The molecule has 1 aromatic rings. The maximum atomic E-state index is 5.58. The van der Waals surface area contributed by atoms with Gasteiger partial charge in [-0.3, -0.25) is 0 Å². The van der Waals surface area contributed by atoms with Gasteiger partial charge in [0.05, 0.1) is 11.4 Å². The molecular weight excluding hydrogens is 216 g/mol. The van der Waals surface area contributed by atoms with E-state index in [1.54, 1.807) is 0 Å². The van der Waals surface area contributed by atoms with Crippen LogP contribution in [0.4, 0.5) is 11.4 Å². The van der Waals surface area contributed by atoms with Crippen LogP contribution in [-0.4, -0.2) is 18.0 Å². The second-order valence-corrected chi connectivity index (χ2v) is 3.82. The molecule has 0 fully saturated rings. The van der Waals surface area contributed by atoms with Crippen LogP contribution in [0.5, 0.6) is 0 Å². The number of nitrogens with zero attached hydrogens (tertiary/aromatic N) is 2. The molecule has 1 rings (SSSR count). The quantitative estimate of drug-likeness (QED) is 0.455. The van der Waals surface area contributed by atoms with Crippen LogP contribution in [0.15, 0.2) is 34.3 Å². The highest BCUT2D eigenvalue weighted by molar-refractivity contribution is 5.94. The molecule has 0 amide bonds. The molecule has 92 valence electrons. The molecule has 0 saturated carbocycles. The standard InChI is InChI=1S/C11H18N6/c1-7(2)15-8-5-3-4-6-9(8)16-11(14)17-10(12)13/h3-7,15H,1-2H3,(H6,12,13,14,16,17). The van der Waals surface area contributed by atoms with Crippen molar-refractivity contribution in [1.82, 2.24) is 0 Å².